The zero-order valence-corrected chi connectivity index (χ0v) is 12.5. The quantitative estimate of drug-likeness (QED) is 0.945. The highest BCUT2D eigenvalue weighted by atomic mass is 16.1. The van der Waals surface area contributed by atoms with Crippen molar-refractivity contribution in [3.05, 3.63) is 48.3 Å². The second-order valence-electron chi connectivity index (χ2n) is 5.46. The summed E-state index contributed by atoms with van der Waals surface area (Å²) < 4.78 is 0. The van der Waals surface area contributed by atoms with Crippen LogP contribution < -0.4 is 10.2 Å². The number of anilines is 2. The molecule has 1 amide bonds. The number of hydrogen-bond donors (Lipinski definition) is 1. The minimum Gasteiger partial charge on any atom is -0.341 e. The number of carbonyl (C=O) groups excluding carboxylic acids is 1. The Kier molecular flexibility index (Phi) is 4.63. The molecule has 0 unspecified atom stereocenters. The fourth-order valence-corrected chi connectivity index (χ4v) is 2.61. The summed E-state index contributed by atoms with van der Waals surface area (Å²) in [5.41, 5.74) is 1.17. The summed E-state index contributed by atoms with van der Waals surface area (Å²) in [6.07, 6.45) is 6.48. The topological polar surface area (TPSA) is 58.1 Å². The van der Waals surface area contributed by atoms with Crippen LogP contribution in [0.3, 0.4) is 0 Å². The van der Waals surface area contributed by atoms with E-state index in [2.05, 4.69) is 20.2 Å². The molecule has 1 N–H and O–H groups in total. The van der Waals surface area contributed by atoms with E-state index in [0.29, 0.717) is 11.6 Å². The number of hydrogen-bond acceptors (Lipinski definition) is 4. The summed E-state index contributed by atoms with van der Waals surface area (Å²) in [5.74, 6) is 0.451. The third kappa shape index (κ3) is 3.61. The Bertz CT molecular complexity index is 622. The molecule has 5 nitrogen and oxygen atoms in total. The molecule has 1 saturated heterocycles. The molecule has 1 aliphatic rings. The lowest BCUT2D eigenvalue weighted by Crippen LogP contribution is -2.27. The number of nitrogens with one attached hydrogen (secondary N) is 1. The predicted octanol–water partition coefficient (Wildman–Crippen LogP) is 3.11. The Morgan fingerprint density at radius 3 is 2.45 bits per heavy atom. The van der Waals surface area contributed by atoms with Crippen LogP contribution in [-0.4, -0.2) is 29.0 Å². The normalized spacial score (nSPS) is 15.2. The van der Waals surface area contributed by atoms with E-state index in [4.69, 9.17) is 0 Å². The molecule has 0 atom stereocenters. The Labute approximate surface area is 130 Å². The predicted molar refractivity (Wildman–Crippen MR) is 87.1 cm³/mol. The highest BCUT2D eigenvalue weighted by Gasteiger charge is 2.15. The molecular weight excluding hydrogens is 276 g/mol. The molecule has 2 heterocycles. The third-order valence-corrected chi connectivity index (χ3v) is 3.80. The molecule has 22 heavy (non-hydrogen) atoms. The summed E-state index contributed by atoms with van der Waals surface area (Å²) in [6.45, 7) is 1.92. The Balaban J connectivity index is 1.74. The maximum atomic E-state index is 12.3. The lowest BCUT2D eigenvalue weighted by molar-refractivity contribution is 0.102. The first kappa shape index (κ1) is 14.5. The molecule has 1 aromatic carbocycles. The van der Waals surface area contributed by atoms with Crippen molar-refractivity contribution in [1.29, 1.82) is 0 Å². The van der Waals surface area contributed by atoms with Gasteiger partial charge in [0.05, 0.1) is 0 Å². The molecule has 1 aliphatic heterocycles. The van der Waals surface area contributed by atoms with E-state index in [1.165, 1.54) is 12.8 Å². The molecule has 0 aliphatic carbocycles. The van der Waals surface area contributed by atoms with Crippen molar-refractivity contribution in [2.45, 2.75) is 25.7 Å². The van der Waals surface area contributed by atoms with Crippen LogP contribution in [0.15, 0.2) is 42.6 Å². The first-order valence-electron chi connectivity index (χ1n) is 7.77. The smallest absolute Gasteiger partial charge is 0.274 e. The average Bonchev–Trinajstić information content (AvgIpc) is 2.85. The second kappa shape index (κ2) is 7.02. The molecule has 1 fully saturated rings. The van der Waals surface area contributed by atoms with Crippen LogP contribution in [0.4, 0.5) is 11.6 Å². The van der Waals surface area contributed by atoms with Crippen LogP contribution in [-0.2, 0) is 0 Å². The minimum atomic E-state index is -0.204. The van der Waals surface area contributed by atoms with Crippen LogP contribution in [0.5, 0.6) is 0 Å². The van der Waals surface area contributed by atoms with Gasteiger partial charge in [-0.2, -0.15) is 0 Å². The van der Waals surface area contributed by atoms with E-state index in [9.17, 15) is 4.79 Å². The number of benzene rings is 1. The van der Waals surface area contributed by atoms with Crippen molar-refractivity contribution in [1.82, 2.24) is 9.97 Å². The Morgan fingerprint density at radius 1 is 1.00 bits per heavy atom. The maximum absolute atomic E-state index is 12.3. The van der Waals surface area contributed by atoms with Crippen molar-refractivity contribution in [3.8, 4) is 0 Å². The summed E-state index contributed by atoms with van der Waals surface area (Å²) in [7, 11) is 0. The van der Waals surface area contributed by atoms with Crippen LogP contribution in [0.25, 0.3) is 0 Å². The molecule has 114 valence electrons. The summed E-state index contributed by atoms with van der Waals surface area (Å²) in [6, 6.07) is 11.1. The van der Waals surface area contributed by atoms with Gasteiger partial charge in [-0.15, -0.1) is 0 Å². The summed E-state index contributed by atoms with van der Waals surface area (Å²) in [5, 5.41) is 2.85. The first-order chi connectivity index (χ1) is 10.8. The van der Waals surface area contributed by atoms with Gasteiger partial charge in [0, 0.05) is 25.0 Å². The van der Waals surface area contributed by atoms with E-state index >= 15 is 0 Å². The average molecular weight is 296 g/mol. The first-order valence-corrected chi connectivity index (χ1v) is 7.77. The fraction of sp³-hybridized carbons (Fsp3) is 0.353. The monoisotopic (exact) mass is 296 g/mol. The number of rotatable bonds is 3. The van der Waals surface area contributed by atoms with Gasteiger partial charge in [0.2, 0.25) is 5.95 Å². The van der Waals surface area contributed by atoms with E-state index in [-0.39, 0.29) is 5.91 Å². The van der Waals surface area contributed by atoms with Crippen molar-refractivity contribution in [2.75, 3.05) is 23.3 Å². The zero-order valence-electron chi connectivity index (χ0n) is 12.5. The van der Waals surface area contributed by atoms with Crippen LogP contribution >= 0.6 is 0 Å². The molecule has 0 bridgehead atoms. The molecule has 1 aromatic heterocycles. The van der Waals surface area contributed by atoms with Gasteiger partial charge in [0.1, 0.15) is 5.69 Å². The standard InChI is InChI=1S/C17H20N4O/c22-16(19-14-8-4-3-5-9-14)15-10-11-18-17(20-15)21-12-6-1-2-7-13-21/h3-5,8-11H,1-2,6-7,12-13H2,(H,19,22). The largest absolute Gasteiger partial charge is 0.341 e. The lowest BCUT2D eigenvalue weighted by Gasteiger charge is -2.20. The molecule has 0 radical (unpaired) electrons. The van der Waals surface area contributed by atoms with E-state index in [1.54, 1.807) is 12.3 Å². The van der Waals surface area contributed by atoms with Gasteiger partial charge < -0.3 is 10.2 Å². The molecule has 0 spiro atoms. The highest BCUT2D eigenvalue weighted by molar-refractivity contribution is 6.02. The van der Waals surface area contributed by atoms with E-state index in [0.717, 1.165) is 31.6 Å². The maximum Gasteiger partial charge on any atom is 0.274 e. The van der Waals surface area contributed by atoms with Crippen molar-refractivity contribution in [2.24, 2.45) is 0 Å². The second-order valence-corrected chi connectivity index (χ2v) is 5.46. The van der Waals surface area contributed by atoms with Gasteiger partial charge in [-0.05, 0) is 31.0 Å². The molecular formula is C17H20N4O. The van der Waals surface area contributed by atoms with Gasteiger partial charge in [-0.3, -0.25) is 4.79 Å². The van der Waals surface area contributed by atoms with Crippen LogP contribution in [0.2, 0.25) is 0 Å². The third-order valence-electron chi connectivity index (χ3n) is 3.80. The van der Waals surface area contributed by atoms with Crippen LogP contribution in [0, 0.1) is 0 Å². The number of carbonyl (C=O) groups is 1. The van der Waals surface area contributed by atoms with Gasteiger partial charge in [-0.1, -0.05) is 31.0 Å². The van der Waals surface area contributed by atoms with Gasteiger partial charge in [-0.25, -0.2) is 9.97 Å². The SMILES string of the molecule is O=C(Nc1ccccc1)c1ccnc(N2CCCCCC2)n1. The molecule has 0 saturated carbocycles. The number of amides is 1. The van der Waals surface area contributed by atoms with Crippen molar-refractivity contribution < 1.29 is 4.79 Å². The number of nitrogens with zero attached hydrogens (tertiary/aromatic N) is 3. The van der Waals surface area contributed by atoms with Gasteiger partial charge >= 0.3 is 0 Å². The minimum absolute atomic E-state index is 0.204. The van der Waals surface area contributed by atoms with E-state index < -0.39 is 0 Å². The lowest BCUT2D eigenvalue weighted by atomic mass is 10.2. The highest BCUT2D eigenvalue weighted by Crippen LogP contribution is 2.16. The van der Waals surface area contributed by atoms with Crippen molar-refractivity contribution >= 4 is 17.5 Å². The Hall–Kier alpha value is -2.43. The molecule has 5 heteroatoms. The van der Waals surface area contributed by atoms with Crippen LogP contribution in [0.1, 0.15) is 36.2 Å². The summed E-state index contributed by atoms with van der Waals surface area (Å²) in [4.78, 5) is 23.2. The van der Waals surface area contributed by atoms with E-state index in [1.807, 2.05) is 30.3 Å². The van der Waals surface area contributed by atoms with Crippen molar-refractivity contribution in [3.63, 3.8) is 0 Å². The number of aromatic nitrogens is 2. The Morgan fingerprint density at radius 2 is 1.73 bits per heavy atom. The fourth-order valence-electron chi connectivity index (χ4n) is 2.61. The van der Waals surface area contributed by atoms with Gasteiger partial charge in [0.25, 0.3) is 5.91 Å². The summed E-state index contributed by atoms with van der Waals surface area (Å²) >= 11 is 0. The zero-order chi connectivity index (χ0) is 15.2. The molecule has 2 aromatic rings. The molecule has 3 rings (SSSR count). The van der Waals surface area contributed by atoms with Gasteiger partial charge in [0.15, 0.2) is 0 Å². The number of para-hydroxylation sites is 1.